The summed E-state index contributed by atoms with van der Waals surface area (Å²) in [6.45, 7) is 0. The van der Waals surface area contributed by atoms with Crippen LogP contribution in [0, 0.1) is 0 Å². The molecular weight excluding hydrogens is 196 g/mol. The third-order valence-corrected chi connectivity index (χ3v) is 2.05. The van der Waals surface area contributed by atoms with Crippen LogP contribution in [0.1, 0.15) is 0 Å². The second-order valence-electron chi connectivity index (χ2n) is 1.50. The predicted molar refractivity (Wildman–Crippen MR) is 41.5 cm³/mol. The van der Waals surface area contributed by atoms with Gasteiger partial charge in [-0.15, -0.1) is 10.2 Å². The van der Waals surface area contributed by atoms with E-state index < -0.39 is 0 Å². The first-order chi connectivity index (χ1) is 4.63. The summed E-state index contributed by atoms with van der Waals surface area (Å²) in [6.07, 6.45) is 0. The lowest BCUT2D eigenvalue weighted by molar-refractivity contribution is 1.04. The molecule has 0 radical (unpaired) electrons. The number of nitrogen functional groups attached to an aromatic ring is 1. The van der Waals surface area contributed by atoms with E-state index in [4.69, 9.17) is 40.5 Å². The van der Waals surface area contributed by atoms with Crippen LogP contribution in [0.5, 0.6) is 0 Å². The Kier molecular flexibility index (Phi) is 2.18. The van der Waals surface area contributed by atoms with Gasteiger partial charge in [-0.05, 0) is 0 Å². The summed E-state index contributed by atoms with van der Waals surface area (Å²) in [5.74, 6) is 0.0797. The Balaban J connectivity index is 3.34. The van der Waals surface area contributed by atoms with Crippen molar-refractivity contribution < 1.29 is 0 Å². The molecule has 0 atom stereocenters. The first kappa shape index (κ1) is 7.85. The zero-order valence-electron chi connectivity index (χ0n) is 4.61. The molecule has 1 rings (SSSR count). The zero-order chi connectivity index (χ0) is 7.72. The lowest BCUT2D eigenvalue weighted by Crippen LogP contribution is -1.94. The lowest BCUT2D eigenvalue weighted by atomic mass is 10.5. The molecule has 0 aliphatic rings. The van der Waals surface area contributed by atoms with Crippen LogP contribution in [-0.2, 0) is 0 Å². The van der Waals surface area contributed by atoms with Gasteiger partial charge in [0.25, 0.3) is 0 Å². The maximum atomic E-state index is 5.54. The van der Waals surface area contributed by atoms with Crippen LogP contribution in [0.25, 0.3) is 0 Å². The van der Waals surface area contributed by atoms with Crippen molar-refractivity contribution >= 4 is 40.6 Å². The SMILES string of the molecule is Nc1nnc(Cl)c(Cl)c1Cl. The Morgan fingerprint density at radius 1 is 1.00 bits per heavy atom. The van der Waals surface area contributed by atoms with Gasteiger partial charge < -0.3 is 5.73 Å². The molecule has 0 spiro atoms. The first-order valence-electron chi connectivity index (χ1n) is 2.25. The van der Waals surface area contributed by atoms with Crippen LogP contribution in [-0.4, -0.2) is 10.2 Å². The highest BCUT2D eigenvalue weighted by atomic mass is 35.5. The van der Waals surface area contributed by atoms with Gasteiger partial charge in [0.1, 0.15) is 10.0 Å². The number of nitrogens with two attached hydrogens (primary N) is 1. The van der Waals surface area contributed by atoms with Gasteiger partial charge in [-0.25, -0.2) is 0 Å². The quantitative estimate of drug-likeness (QED) is 0.694. The number of halogens is 3. The summed E-state index contributed by atoms with van der Waals surface area (Å²) in [4.78, 5) is 0. The van der Waals surface area contributed by atoms with Gasteiger partial charge >= 0.3 is 0 Å². The van der Waals surface area contributed by atoms with Crippen molar-refractivity contribution in [2.45, 2.75) is 0 Å². The van der Waals surface area contributed by atoms with Crippen molar-refractivity contribution in [2.24, 2.45) is 0 Å². The van der Waals surface area contributed by atoms with Gasteiger partial charge in [0, 0.05) is 0 Å². The minimum Gasteiger partial charge on any atom is -0.381 e. The van der Waals surface area contributed by atoms with Crippen molar-refractivity contribution in [1.82, 2.24) is 10.2 Å². The summed E-state index contributed by atoms with van der Waals surface area (Å²) in [5, 5.41) is 7.16. The smallest absolute Gasteiger partial charge is 0.171 e. The van der Waals surface area contributed by atoms with Crippen molar-refractivity contribution in [1.29, 1.82) is 0 Å². The molecule has 0 aromatic carbocycles. The van der Waals surface area contributed by atoms with Gasteiger partial charge in [-0.2, -0.15) is 0 Å². The highest BCUT2D eigenvalue weighted by Crippen LogP contribution is 2.30. The van der Waals surface area contributed by atoms with E-state index in [1.54, 1.807) is 0 Å². The standard InChI is InChI=1S/C4H2Cl3N3/c5-1-2(6)4(8)10-9-3(1)7/h(H2,8,10). The Labute approximate surface area is 72.1 Å². The van der Waals surface area contributed by atoms with Crippen LogP contribution >= 0.6 is 34.8 Å². The normalized spacial score (nSPS) is 9.90. The second kappa shape index (κ2) is 2.78. The summed E-state index contributed by atoms with van der Waals surface area (Å²) in [7, 11) is 0. The van der Waals surface area contributed by atoms with Crippen LogP contribution in [0.2, 0.25) is 15.2 Å². The molecular formula is C4H2Cl3N3. The van der Waals surface area contributed by atoms with Crippen LogP contribution in [0.15, 0.2) is 0 Å². The molecule has 1 aromatic rings. The average molecular weight is 198 g/mol. The van der Waals surface area contributed by atoms with Gasteiger partial charge in [0.05, 0.1) is 0 Å². The van der Waals surface area contributed by atoms with Crippen molar-refractivity contribution in [3.63, 3.8) is 0 Å². The molecule has 6 heteroatoms. The van der Waals surface area contributed by atoms with E-state index in [0.717, 1.165) is 0 Å². The summed E-state index contributed by atoms with van der Waals surface area (Å²) in [5.41, 5.74) is 5.24. The zero-order valence-corrected chi connectivity index (χ0v) is 6.87. The average Bonchev–Trinajstić information content (AvgIpc) is 1.93. The Morgan fingerprint density at radius 2 is 1.60 bits per heavy atom. The molecule has 0 amide bonds. The van der Waals surface area contributed by atoms with Gasteiger partial charge in [0.2, 0.25) is 0 Å². The van der Waals surface area contributed by atoms with E-state index in [1.165, 1.54) is 0 Å². The number of aromatic nitrogens is 2. The van der Waals surface area contributed by atoms with E-state index in [-0.39, 0.29) is 21.0 Å². The molecule has 1 heterocycles. The maximum Gasteiger partial charge on any atom is 0.171 e. The number of hydrogen-bond acceptors (Lipinski definition) is 3. The van der Waals surface area contributed by atoms with E-state index >= 15 is 0 Å². The molecule has 0 aliphatic carbocycles. The Hall–Kier alpha value is -0.250. The lowest BCUT2D eigenvalue weighted by Gasteiger charge is -1.97. The molecule has 0 unspecified atom stereocenters. The molecule has 0 fully saturated rings. The van der Waals surface area contributed by atoms with E-state index in [0.29, 0.717) is 0 Å². The Morgan fingerprint density at radius 3 is 2.10 bits per heavy atom. The van der Waals surface area contributed by atoms with E-state index in [2.05, 4.69) is 10.2 Å². The van der Waals surface area contributed by atoms with Crippen LogP contribution < -0.4 is 5.73 Å². The van der Waals surface area contributed by atoms with Crippen LogP contribution in [0.3, 0.4) is 0 Å². The fourth-order valence-electron chi connectivity index (χ4n) is 0.389. The Bertz CT molecular complexity index is 235. The summed E-state index contributed by atoms with van der Waals surface area (Å²) < 4.78 is 0. The minimum atomic E-state index is 0.0564. The summed E-state index contributed by atoms with van der Waals surface area (Å²) in [6, 6.07) is 0. The topological polar surface area (TPSA) is 51.8 Å². The highest BCUT2D eigenvalue weighted by molar-refractivity contribution is 6.48. The molecule has 0 aliphatic heterocycles. The summed E-state index contributed by atoms with van der Waals surface area (Å²) >= 11 is 16.5. The van der Waals surface area contributed by atoms with E-state index in [9.17, 15) is 0 Å². The molecule has 0 bridgehead atoms. The molecule has 1 aromatic heterocycles. The minimum absolute atomic E-state index is 0.0564. The van der Waals surface area contributed by atoms with Crippen molar-refractivity contribution in [3.05, 3.63) is 15.2 Å². The van der Waals surface area contributed by atoms with Gasteiger partial charge in [-0.1, -0.05) is 34.8 Å². The number of nitrogens with zero attached hydrogens (tertiary/aromatic N) is 2. The number of rotatable bonds is 0. The molecule has 0 saturated carbocycles. The highest BCUT2D eigenvalue weighted by Gasteiger charge is 2.07. The maximum absolute atomic E-state index is 5.54. The van der Waals surface area contributed by atoms with E-state index in [1.807, 2.05) is 0 Å². The second-order valence-corrected chi connectivity index (χ2v) is 2.62. The largest absolute Gasteiger partial charge is 0.381 e. The third kappa shape index (κ3) is 1.26. The predicted octanol–water partition coefficient (Wildman–Crippen LogP) is 2.02. The third-order valence-electron chi connectivity index (χ3n) is 0.844. The van der Waals surface area contributed by atoms with Gasteiger partial charge in [-0.3, -0.25) is 0 Å². The molecule has 54 valence electrons. The number of anilines is 1. The number of hydrogen-bond donors (Lipinski definition) is 1. The molecule has 10 heavy (non-hydrogen) atoms. The van der Waals surface area contributed by atoms with Crippen LogP contribution in [0.4, 0.5) is 5.82 Å². The van der Waals surface area contributed by atoms with Crippen molar-refractivity contribution in [2.75, 3.05) is 5.73 Å². The van der Waals surface area contributed by atoms with Crippen molar-refractivity contribution in [3.8, 4) is 0 Å². The monoisotopic (exact) mass is 197 g/mol. The first-order valence-corrected chi connectivity index (χ1v) is 3.39. The molecule has 0 saturated heterocycles. The van der Waals surface area contributed by atoms with Gasteiger partial charge in [0.15, 0.2) is 11.0 Å². The fourth-order valence-corrected chi connectivity index (χ4v) is 0.831. The fraction of sp³-hybridized carbons (Fsp3) is 0. The molecule has 2 N–H and O–H groups in total. The molecule has 3 nitrogen and oxygen atoms in total.